The zero-order valence-electron chi connectivity index (χ0n) is 13.5. The Morgan fingerprint density at radius 3 is 2.48 bits per heavy atom. The molecular formula is C18H15BrN2O4. The van der Waals surface area contributed by atoms with Crippen molar-refractivity contribution in [3.63, 3.8) is 0 Å². The highest BCUT2D eigenvalue weighted by Gasteiger charge is 2.15. The fourth-order valence-electron chi connectivity index (χ4n) is 2.11. The van der Waals surface area contributed by atoms with Gasteiger partial charge in [-0.25, -0.2) is 0 Å². The van der Waals surface area contributed by atoms with Crippen LogP contribution in [0.5, 0.6) is 17.2 Å². The van der Waals surface area contributed by atoms with Gasteiger partial charge >= 0.3 is 0 Å². The Morgan fingerprint density at radius 2 is 1.92 bits per heavy atom. The Kier molecular flexibility index (Phi) is 6.03. The maximum Gasteiger partial charge on any atom is 0.266 e. The van der Waals surface area contributed by atoms with Crippen molar-refractivity contribution in [1.82, 2.24) is 0 Å². The average Bonchev–Trinajstić information content (AvgIpc) is 2.60. The minimum Gasteiger partial charge on any atom is -0.508 e. The Bertz CT molecular complexity index is 855. The monoisotopic (exact) mass is 402 g/mol. The lowest BCUT2D eigenvalue weighted by Crippen LogP contribution is -2.13. The number of phenols is 1. The van der Waals surface area contributed by atoms with E-state index in [1.807, 2.05) is 6.07 Å². The predicted molar refractivity (Wildman–Crippen MR) is 97.6 cm³/mol. The number of ether oxygens (including phenoxy) is 2. The minimum atomic E-state index is -0.575. The molecular weight excluding hydrogens is 388 g/mol. The van der Waals surface area contributed by atoms with E-state index in [9.17, 15) is 15.2 Å². The van der Waals surface area contributed by atoms with Gasteiger partial charge in [0.2, 0.25) is 0 Å². The van der Waals surface area contributed by atoms with Gasteiger partial charge in [0.1, 0.15) is 17.4 Å². The summed E-state index contributed by atoms with van der Waals surface area (Å²) in [4.78, 5) is 12.3. The van der Waals surface area contributed by atoms with E-state index in [0.29, 0.717) is 27.2 Å². The highest BCUT2D eigenvalue weighted by atomic mass is 79.9. The number of nitrogens with zero attached hydrogens (tertiary/aromatic N) is 1. The van der Waals surface area contributed by atoms with Gasteiger partial charge < -0.3 is 19.9 Å². The molecule has 0 saturated heterocycles. The van der Waals surface area contributed by atoms with Crippen LogP contribution in [0.25, 0.3) is 6.08 Å². The van der Waals surface area contributed by atoms with E-state index in [1.165, 1.54) is 44.6 Å². The first-order chi connectivity index (χ1) is 12.0. The highest BCUT2D eigenvalue weighted by Crippen LogP contribution is 2.35. The second kappa shape index (κ2) is 8.22. The molecule has 2 aromatic rings. The molecule has 2 N–H and O–H groups in total. The summed E-state index contributed by atoms with van der Waals surface area (Å²) in [5.74, 6) is 0.393. The molecule has 0 aliphatic carbocycles. The van der Waals surface area contributed by atoms with Crippen molar-refractivity contribution in [3.05, 3.63) is 52.0 Å². The largest absolute Gasteiger partial charge is 0.508 e. The summed E-state index contributed by atoms with van der Waals surface area (Å²) in [6.45, 7) is 0. The molecule has 0 atom stereocenters. The first kappa shape index (κ1) is 18.4. The molecule has 0 heterocycles. The molecule has 0 aliphatic rings. The molecule has 25 heavy (non-hydrogen) atoms. The van der Waals surface area contributed by atoms with Crippen LogP contribution in [0.1, 0.15) is 5.56 Å². The van der Waals surface area contributed by atoms with Crippen LogP contribution in [0, 0.1) is 11.3 Å². The lowest BCUT2D eigenvalue weighted by molar-refractivity contribution is -0.112. The highest BCUT2D eigenvalue weighted by molar-refractivity contribution is 9.10. The Morgan fingerprint density at radius 1 is 1.24 bits per heavy atom. The molecule has 0 saturated carbocycles. The van der Waals surface area contributed by atoms with E-state index in [1.54, 1.807) is 12.1 Å². The van der Waals surface area contributed by atoms with Crippen LogP contribution in [-0.2, 0) is 4.79 Å². The van der Waals surface area contributed by atoms with Gasteiger partial charge in [-0.15, -0.1) is 0 Å². The third kappa shape index (κ3) is 4.52. The van der Waals surface area contributed by atoms with Crippen molar-refractivity contribution in [3.8, 4) is 23.3 Å². The van der Waals surface area contributed by atoms with Gasteiger partial charge in [-0.2, -0.15) is 5.26 Å². The number of methoxy groups -OCH3 is 2. The molecule has 0 radical (unpaired) electrons. The predicted octanol–water partition coefficient (Wildman–Crippen LogP) is 3.72. The number of carbonyl (C=O) groups excluding carboxylic acids is 1. The number of carbonyl (C=O) groups is 1. The minimum absolute atomic E-state index is 0.0833. The van der Waals surface area contributed by atoms with E-state index in [-0.39, 0.29) is 11.3 Å². The van der Waals surface area contributed by atoms with Gasteiger partial charge in [-0.05, 0) is 42.5 Å². The summed E-state index contributed by atoms with van der Waals surface area (Å²) >= 11 is 3.35. The molecule has 0 unspecified atom stereocenters. The third-order valence-corrected chi connectivity index (χ3v) is 3.72. The lowest BCUT2D eigenvalue weighted by atomic mass is 10.1. The van der Waals surface area contributed by atoms with Gasteiger partial charge in [0.25, 0.3) is 5.91 Å². The Hall–Kier alpha value is -2.98. The number of nitrogens with one attached hydrogen (secondary N) is 1. The van der Waals surface area contributed by atoms with Crippen LogP contribution >= 0.6 is 15.9 Å². The zero-order valence-corrected chi connectivity index (χ0v) is 15.1. The van der Waals surface area contributed by atoms with E-state index in [2.05, 4.69) is 21.2 Å². The van der Waals surface area contributed by atoms with Gasteiger partial charge in [0.15, 0.2) is 11.5 Å². The molecule has 0 aliphatic heterocycles. The first-order valence-corrected chi connectivity index (χ1v) is 7.91. The van der Waals surface area contributed by atoms with E-state index in [0.717, 1.165) is 0 Å². The van der Waals surface area contributed by atoms with E-state index < -0.39 is 5.91 Å². The van der Waals surface area contributed by atoms with Crippen LogP contribution in [-0.4, -0.2) is 25.2 Å². The number of rotatable bonds is 5. The molecule has 7 heteroatoms. The molecule has 2 rings (SSSR count). The van der Waals surface area contributed by atoms with Crippen LogP contribution in [0.3, 0.4) is 0 Å². The van der Waals surface area contributed by atoms with Gasteiger partial charge in [0, 0.05) is 15.7 Å². The van der Waals surface area contributed by atoms with Gasteiger partial charge in [-0.3, -0.25) is 4.79 Å². The summed E-state index contributed by atoms with van der Waals surface area (Å²) < 4.78 is 11.3. The maximum absolute atomic E-state index is 12.3. The lowest BCUT2D eigenvalue weighted by Gasteiger charge is -2.12. The topological polar surface area (TPSA) is 91.6 Å². The number of benzene rings is 2. The van der Waals surface area contributed by atoms with Crippen LogP contribution in [0.15, 0.2) is 46.4 Å². The maximum atomic E-state index is 12.3. The second-order valence-corrected chi connectivity index (χ2v) is 5.82. The SMILES string of the molecule is COc1cc(Br)cc(/C=C(/C#N)C(=O)Nc2ccc(O)cc2)c1OC. The fourth-order valence-corrected chi connectivity index (χ4v) is 2.57. The van der Waals surface area contributed by atoms with E-state index >= 15 is 0 Å². The van der Waals surface area contributed by atoms with Crippen molar-refractivity contribution in [2.45, 2.75) is 0 Å². The molecule has 1 amide bonds. The fraction of sp³-hybridized carbons (Fsp3) is 0.111. The molecule has 0 aromatic heterocycles. The van der Waals surface area contributed by atoms with Crippen LogP contribution in [0.4, 0.5) is 5.69 Å². The molecule has 0 spiro atoms. The van der Waals surface area contributed by atoms with Gasteiger partial charge in [-0.1, -0.05) is 15.9 Å². The summed E-state index contributed by atoms with van der Waals surface area (Å²) in [6, 6.07) is 11.3. The molecule has 128 valence electrons. The van der Waals surface area contributed by atoms with E-state index in [4.69, 9.17) is 9.47 Å². The van der Waals surface area contributed by atoms with Crippen molar-refractivity contribution < 1.29 is 19.4 Å². The number of hydrogen-bond acceptors (Lipinski definition) is 5. The van der Waals surface area contributed by atoms with Crippen molar-refractivity contribution in [2.24, 2.45) is 0 Å². The second-order valence-electron chi connectivity index (χ2n) is 4.90. The molecule has 2 aromatic carbocycles. The van der Waals surface area contributed by atoms with Crippen molar-refractivity contribution >= 4 is 33.6 Å². The normalized spacial score (nSPS) is 10.7. The van der Waals surface area contributed by atoms with Crippen LogP contribution in [0.2, 0.25) is 0 Å². The first-order valence-electron chi connectivity index (χ1n) is 7.12. The Labute approximate surface area is 153 Å². The number of halogens is 1. The summed E-state index contributed by atoms with van der Waals surface area (Å²) in [6.07, 6.45) is 1.42. The number of hydrogen-bond donors (Lipinski definition) is 2. The smallest absolute Gasteiger partial charge is 0.266 e. The zero-order chi connectivity index (χ0) is 18.4. The Balaban J connectivity index is 2.37. The third-order valence-electron chi connectivity index (χ3n) is 3.26. The van der Waals surface area contributed by atoms with Crippen molar-refractivity contribution in [1.29, 1.82) is 5.26 Å². The summed E-state index contributed by atoms with van der Waals surface area (Å²) in [7, 11) is 2.98. The van der Waals surface area contributed by atoms with Crippen molar-refractivity contribution in [2.75, 3.05) is 19.5 Å². The van der Waals surface area contributed by atoms with Gasteiger partial charge in [0.05, 0.1) is 14.2 Å². The molecule has 0 fully saturated rings. The number of anilines is 1. The number of aromatic hydroxyl groups is 1. The summed E-state index contributed by atoms with van der Waals surface area (Å²) in [5, 5.41) is 21.2. The van der Waals surface area contributed by atoms with Crippen LogP contribution < -0.4 is 14.8 Å². The number of amides is 1. The molecule has 6 nitrogen and oxygen atoms in total. The summed E-state index contributed by atoms with van der Waals surface area (Å²) in [5.41, 5.74) is 0.875. The standard InChI is InChI=1S/C18H15BrN2O4/c1-24-16-9-13(19)8-11(17(16)25-2)7-12(10-20)18(23)21-14-3-5-15(22)6-4-14/h3-9,22H,1-2H3,(H,21,23)/b12-7-. The quantitative estimate of drug-likeness (QED) is 0.451. The average molecular weight is 403 g/mol. The number of phenolic OH excluding ortho intramolecular Hbond substituents is 1. The molecule has 0 bridgehead atoms. The number of nitriles is 1.